The number of rotatable bonds is 5. The summed E-state index contributed by atoms with van der Waals surface area (Å²) in [5.41, 5.74) is 1.25. The molecule has 3 heteroatoms. The lowest BCUT2D eigenvalue weighted by molar-refractivity contribution is 0.296. The van der Waals surface area contributed by atoms with E-state index in [9.17, 15) is 0 Å². The zero-order valence-corrected chi connectivity index (χ0v) is 13.7. The van der Waals surface area contributed by atoms with Gasteiger partial charge in [-0.25, -0.2) is 0 Å². The third-order valence-corrected chi connectivity index (χ3v) is 4.76. The number of aryl methyl sites for hydroxylation is 1. The smallest absolute Gasteiger partial charge is 0.146 e. The number of benzene rings is 2. The molecule has 0 radical (unpaired) electrons. The molecular formula is C19H22ClNO. The Balaban J connectivity index is 1.71. The van der Waals surface area contributed by atoms with Crippen molar-refractivity contribution >= 4 is 11.6 Å². The normalized spacial score (nSPS) is 18.5. The van der Waals surface area contributed by atoms with Crippen LogP contribution in [-0.4, -0.2) is 24.5 Å². The first-order chi connectivity index (χ1) is 10.7. The van der Waals surface area contributed by atoms with Crippen LogP contribution in [0.15, 0.2) is 48.5 Å². The standard InChI is InChI=1S/C19H22ClNO/c1-21-14-6-8-16(21)13-12-15-7-2-4-10-18(15)22-19-11-5-3-9-17(19)20/h2-5,7,9-11,16H,6,8,12-14H2,1H3. The Morgan fingerprint density at radius 2 is 1.82 bits per heavy atom. The molecule has 0 aromatic heterocycles. The average Bonchev–Trinajstić information content (AvgIpc) is 2.94. The Labute approximate surface area is 137 Å². The molecule has 116 valence electrons. The number of nitrogens with zero attached hydrogens (tertiary/aromatic N) is 1. The summed E-state index contributed by atoms with van der Waals surface area (Å²) in [7, 11) is 2.23. The maximum Gasteiger partial charge on any atom is 0.146 e. The van der Waals surface area contributed by atoms with Crippen molar-refractivity contribution < 1.29 is 4.74 Å². The van der Waals surface area contributed by atoms with Gasteiger partial charge in [-0.15, -0.1) is 0 Å². The number of para-hydroxylation sites is 2. The van der Waals surface area contributed by atoms with Gasteiger partial charge in [-0.1, -0.05) is 41.9 Å². The molecule has 2 aromatic rings. The van der Waals surface area contributed by atoms with Crippen LogP contribution in [0.1, 0.15) is 24.8 Å². The van der Waals surface area contributed by atoms with Gasteiger partial charge in [0.25, 0.3) is 0 Å². The molecule has 22 heavy (non-hydrogen) atoms. The van der Waals surface area contributed by atoms with Crippen molar-refractivity contribution in [2.24, 2.45) is 0 Å². The van der Waals surface area contributed by atoms with E-state index in [4.69, 9.17) is 16.3 Å². The highest BCUT2D eigenvalue weighted by molar-refractivity contribution is 6.32. The van der Waals surface area contributed by atoms with Gasteiger partial charge in [0.1, 0.15) is 11.5 Å². The van der Waals surface area contributed by atoms with Gasteiger partial charge >= 0.3 is 0 Å². The number of halogens is 1. The minimum Gasteiger partial charge on any atom is -0.456 e. The number of hydrogen-bond acceptors (Lipinski definition) is 2. The summed E-state index contributed by atoms with van der Waals surface area (Å²) in [5, 5.41) is 0.646. The summed E-state index contributed by atoms with van der Waals surface area (Å²) in [6, 6.07) is 16.6. The van der Waals surface area contributed by atoms with Crippen LogP contribution < -0.4 is 4.74 Å². The Morgan fingerprint density at radius 1 is 1.09 bits per heavy atom. The van der Waals surface area contributed by atoms with Crippen LogP contribution in [-0.2, 0) is 6.42 Å². The van der Waals surface area contributed by atoms with Crippen LogP contribution in [0.2, 0.25) is 5.02 Å². The highest BCUT2D eigenvalue weighted by Gasteiger charge is 2.20. The molecule has 0 bridgehead atoms. The summed E-state index contributed by atoms with van der Waals surface area (Å²) in [5.74, 6) is 1.63. The summed E-state index contributed by atoms with van der Waals surface area (Å²) >= 11 is 6.19. The first kappa shape index (κ1) is 15.4. The maximum absolute atomic E-state index is 6.19. The van der Waals surface area contributed by atoms with Crippen LogP contribution >= 0.6 is 11.6 Å². The largest absolute Gasteiger partial charge is 0.456 e. The SMILES string of the molecule is CN1CCCC1CCc1ccccc1Oc1ccccc1Cl. The van der Waals surface area contributed by atoms with Crippen molar-refractivity contribution in [3.05, 3.63) is 59.1 Å². The van der Waals surface area contributed by atoms with Crippen LogP contribution in [0.5, 0.6) is 11.5 Å². The van der Waals surface area contributed by atoms with E-state index in [0.29, 0.717) is 11.1 Å². The van der Waals surface area contributed by atoms with Gasteiger partial charge < -0.3 is 9.64 Å². The molecule has 2 nitrogen and oxygen atoms in total. The lowest BCUT2D eigenvalue weighted by Crippen LogP contribution is -2.25. The summed E-state index contributed by atoms with van der Waals surface area (Å²) in [4.78, 5) is 2.47. The molecule has 1 aliphatic heterocycles. The van der Waals surface area contributed by atoms with E-state index < -0.39 is 0 Å². The van der Waals surface area contributed by atoms with E-state index in [-0.39, 0.29) is 0 Å². The molecule has 3 rings (SSSR count). The Bertz CT molecular complexity index is 628. The van der Waals surface area contributed by atoms with Crippen LogP contribution in [0.3, 0.4) is 0 Å². The second-order valence-electron chi connectivity index (χ2n) is 5.96. The quantitative estimate of drug-likeness (QED) is 0.755. The minimum atomic E-state index is 0.646. The van der Waals surface area contributed by atoms with Gasteiger partial charge in [0, 0.05) is 6.04 Å². The van der Waals surface area contributed by atoms with Crippen molar-refractivity contribution in [2.45, 2.75) is 31.7 Å². The molecular weight excluding hydrogens is 294 g/mol. The van der Waals surface area contributed by atoms with Crippen molar-refractivity contribution in [1.82, 2.24) is 4.90 Å². The summed E-state index contributed by atoms with van der Waals surface area (Å²) < 4.78 is 6.04. The van der Waals surface area contributed by atoms with E-state index in [1.807, 2.05) is 36.4 Å². The topological polar surface area (TPSA) is 12.5 Å². The van der Waals surface area contributed by atoms with Gasteiger partial charge in [-0.2, -0.15) is 0 Å². The molecule has 0 spiro atoms. The lowest BCUT2D eigenvalue weighted by atomic mass is 10.0. The predicted octanol–water partition coefficient (Wildman–Crippen LogP) is 5.16. The van der Waals surface area contributed by atoms with E-state index in [0.717, 1.165) is 17.9 Å². The van der Waals surface area contributed by atoms with Crippen LogP contribution in [0.4, 0.5) is 0 Å². The lowest BCUT2D eigenvalue weighted by Gasteiger charge is -2.20. The van der Waals surface area contributed by atoms with E-state index >= 15 is 0 Å². The number of likely N-dealkylation sites (tertiary alicyclic amines) is 1. The molecule has 1 heterocycles. The van der Waals surface area contributed by atoms with Crippen LogP contribution in [0, 0.1) is 0 Å². The monoisotopic (exact) mass is 315 g/mol. The maximum atomic E-state index is 6.19. The molecule has 0 saturated carbocycles. The van der Waals surface area contributed by atoms with Crippen LogP contribution in [0.25, 0.3) is 0 Å². The van der Waals surface area contributed by atoms with Gasteiger partial charge in [-0.05, 0) is 63.0 Å². The molecule has 1 aliphatic rings. The molecule has 0 amide bonds. The predicted molar refractivity (Wildman–Crippen MR) is 91.9 cm³/mol. The third-order valence-electron chi connectivity index (χ3n) is 4.45. The fourth-order valence-corrected chi connectivity index (χ4v) is 3.30. The zero-order valence-electron chi connectivity index (χ0n) is 13.0. The van der Waals surface area contributed by atoms with E-state index in [1.54, 1.807) is 0 Å². The third kappa shape index (κ3) is 3.63. The minimum absolute atomic E-state index is 0.646. The molecule has 0 aliphatic carbocycles. The fourth-order valence-electron chi connectivity index (χ4n) is 3.12. The van der Waals surface area contributed by atoms with Crippen molar-refractivity contribution in [3.8, 4) is 11.5 Å². The van der Waals surface area contributed by atoms with E-state index in [1.165, 1.54) is 31.4 Å². The molecule has 0 N–H and O–H groups in total. The number of hydrogen-bond donors (Lipinski definition) is 0. The highest BCUT2D eigenvalue weighted by atomic mass is 35.5. The molecule has 1 unspecified atom stereocenters. The summed E-state index contributed by atoms with van der Waals surface area (Å²) in [6.45, 7) is 1.22. The Hall–Kier alpha value is -1.51. The molecule has 1 saturated heterocycles. The van der Waals surface area contributed by atoms with E-state index in [2.05, 4.69) is 24.1 Å². The van der Waals surface area contributed by atoms with Gasteiger partial charge in [0.15, 0.2) is 0 Å². The molecule has 1 atom stereocenters. The van der Waals surface area contributed by atoms with Gasteiger partial charge in [0.2, 0.25) is 0 Å². The number of ether oxygens (including phenoxy) is 1. The van der Waals surface area contributed by atoms with Crippen molar-refractivity contribution in [2.75, 3.05) is 13.6 Å². The highest BCUT2D eigenvalue weighted by Crippen LogP contribution is 2.32. The summed E-state index contributed by atoms with van der Waals surface area (Å²) in [6.07, 6.45) is 4.85. The second kappa shape index (κ2) is 7.17. The Morgan fingerprint density at radius 3 is 2.55 bits per heavy atom. The first-order valence-electron chi connectivity index (χ1n) is 7.94. The second-order valence-corrected chi connectivity index (χ2v) is 6.36. The average molecular weight is 316 g/mol. The first-order valence-corrected chi connectivity index (χ1v) is 8.32. The Kier molecular flexibility index (Phi) is 5.01. The van der Waals surface area contributed by atoms with Gasteiger partial charge in [0.05, 0.1) is 5.02 Å². The zero-order chi connectivity index (χ0) is 15.4. The molecule has 2 aromatic carbocycles. The van der Waals surface area contributed by atoms with Gasteiger partial charge in [-0.3, -0.25) is 0 Å². The molecule has 1 fully saturated rings. The van der Waals surface area contributed by atoms with Crippen molar-refractivity contribution in [1.29, 1.82) is 0 Å². The fraction of sp³-hybridized carbons (Fsp3) is 0.368. The van der Waals surface area contributed by atoms with Crippen molar-refractivity contribution in [3.63, 3.8) is 0 Å².